The van der Waals surface area contributed by atoms with E-state index in [1.165, 1.54) is 18.2 Å². The quantitative estimate of drug-likeness (QED) is 0.865. The van der Waals surface area contributed by atoms with Gasteiger partial charge in [-0.3, -0.25) is 4.79 Å². The van der Waals surface area contributed by atoms with Gasteiger partial charge in [0.2, 0.25) is 5.91 Å². The van der Waals surface area contributed by atoms with Crippen molar-refractivity contribution in [2.24, 2.45) is 0 Å². The van der Waals surface area contributed by atoms with Crippen molar-refractivity contribution in [3.05, 3.63) is 60.2 Å². The standard InChI is InChI=1S/C17H16F3NO2/c1-2-15(12-7-4-3-5-8-12)16(22)21-13-9-6-10-14(11-13)23-17(18,19)20/h3-11,15H,2H2,1H3,(H,21,22). The highest BCUT2D eigenvalue weighted by atomic mass is 19.4. The van der Waals surface area contributed by atoms with Crippen molar-refractivity contribution in [2.45, 2.75) is 25.6 Å². The number of benzene rings is 2. The number of amides is 1. The lowest BCUT2D eigenvalue weighted by Crippen LogP contribution is -2.21. The van der Waals surface area contributed by atoms with Crippen LogP contribution >= 0.6 is 0 Å². The van der Waals surface area contributed by atoms with Crippen LogP contribution in [0.25, 0.3) is 0 Å². The molecule has 0 saturated heterocycles. The molecule has 2 aromatic carbocycles. The molecule has 2 aromatic rings. The van der Waals surface area contributed by atoms with Gasteiger partial charge in [0.25, 0.3) is 0 Å². The van der Waals surface area contributed by atoms with Crippen molar-refractivity contribution in [2.75, 3.05) is 5.32 Å². The molecule has 0 fully saturated rings. The Bertz CT molecular complexity index is 656. The molecular formula is C17H16F3NO2. The molecule has 3 nitrogen and oxygen atoms in total. The Morgan fingerprint density at radius 2 is 1.83 bits per heavy atom. The second kappa shape index (κ2) is 7.17. The Morgan fingerprint density at radius 1 is 1.13 bits per heavy atom. The minimum Gasteiger partial charge on any atom is -0.406 e. The van der Waals surface area contributed by atoms with Crippen molar-refractivity contribution >= 4 is 11.6 Å². The van der Waals surface area contributed by atoms with Crippen LogP contribution in [0.2, 0.25) is 0 Å². The number of hydrogen-bond donors (Lipinski definition) is 1. The van der Waals surface area contributed by atoms with E-state index in [4.69, 9.17) is 0 Å². The number of halogens is 3. The molecule has 2 rings (SSSR count). The van der Waals surface area contributed by atoms with Crippen LogP contribution in [0.15, 0.2) is 54.6 Å². The van der Waals surface area contributed by atoms with E-state index in [-0.39, 0.29) is 23.3 Å². The molecule has 6 heteroatoms. The number of ether oxygens (including phenoxy) is 1. The number of carbonyl (C=O) groups excluding carboxylic acids is 1. The van der Waals surface area contributed by atoms with Crippen molar-refractivity contribution < 1.29 is 22.7 Å². The van der Waals surface area contributed by atoms with Crippen LogP contribution in [-0.4, -0.2) is 12.3 Å². The van der Waals surface area contributed by atoms with Crippen molar-refractivity contribution in [1.29, 1.82) is 0 Å². The average molecular weight is 323 g/mol. The van der Waals surface area contributed by atoms with Gasteiger partial charge in [-0.15, -0.1) is 13.2 Å². The van der Waals surface area contributed by atoms with Crippen LogP contribution in [0.3, 0.4) is 0 Å². The number of carbonyl (C=O) groups is 1. The summed E-state index contributed by atoms with van der Waals surface area (Å²) in [5, 5.41) is 2.63. The van der Waals surface area contributed by atoms with Gasteiger partial charge in [-0.1, -0.05) is 43.3 Å². The summed E-state index contributed by atoms with van der Waals surface area (Å²) in [7, 11) is 0. The Hall–Kier alpha value is -2.50. The molecule has 122 valence electrons. The highest BCUT2D eigenvalue weighted by molar-refractivity contribution is 5.95. The van der Waals surface area contributed by atoms with E-state index in [2.05, 4.69) is 10.1 Å². The van der Waals surface area contributed by atoms with Gasteiger partial charge in [0.1, 0.15) is 5.75 Å². The summed E-state index contributed by atoms with van der Waals surface area (Å²) < 4.78 is 40.5. The number of hydrogen-bond acceptors (Lipinski definition) is 2. The fourth-order valence-electron chi connectivity index (χ4n) is 2.26. The highest BCUT2D eigenvalue weighted by Gasteiger charge is 2.31. The molecule has 0 aliphatic heterocycles. The van der Waals surface area contributed by atoms with Crippen LogP contribution in [0.5, 0.6) is 5.75 Å². The Kier molecular flexibility index (Phi) is 5.26. The predicted octanol–water partition coefficient (Wildman–Crippen LogP) is 4.72. The van der Waals surface area contributed by atoms with Crippen LogP contribution in [-0.2, 0) is 4.79 Å². The molecule has 0 aliphatic carbocycles. The molecule has 0 heterocycles. The molecule has 1 atom stereocenters. The number of nitrogens with one attached hydrogen (secondary N) is 1. The van der Waals surface area contributed by atoms with Gasteiger partial charge < -0.3 is 10.1 Å². The fourth-order valence-corrected chi connectivity index (χ4v) is 2.26. The summed E-state index contributed by atoms with van der Waals surface area (Å²) in [5.74, 6) is -1.02. The van der Waals surface area contributed by atoms with Gasteiger partial charge >= 0.3 is 6.36 Å². The van der Waals surface area contributed by atoms with Crippen molar-refractivity contribution in [1.82, 2.24) is 0 Å². The Morgan fingerprint density at radius 3 is 2.43 bits per heavy atom. The lowest BCUT2D eigenvalue weighted by atomic mass is 9.95. The van der Waals surface area contributed by atoms with Crippen molar-refractivity contribution in [3.63, 3.8) is 0 Å². The monoisotopic (exact) mass is 323 g/mol. The zero-order valence-corrected chi connectivity index (χ0v) is 12.4. The first-order valence-electron chi connectivity index (χ1n) is 7.10. The number of rotatable bonds is 5. The van der Waals surface area contributed by atoms with E-state index >= 15 is 0 Å². The summed E-state index contributed by atoms with van der Waals surface area (Å²) >= 11 is 0. The van der Waals surface area contributed by atoms with E-state index in [0.29, 0.717) is 6.42 Å². The molecule has 1 N–H and O–H groups in total. The maximum Gasteiger partial charge on any atom is 0.573 e. The molecule has 0 bridgehead atoms. The molecule has 0 saturated carbocycles. The summed E-state index contributed by atoms with van der Waals surface area (Å²) in [6, 6.07) is 14.4. The van der Waals surface area contributed by atoms with E-state index in [0.717, 1.165) is 11.6 Å². The molecular weight excluding hydrogens is 307 g/mol. The van der Waals surface area contributed by atoms with E-state index in [9.17, 15) is 18.0 Å². The first-order valence-corrected chi connectivity index (χ1v) is 7.10. The van der Waals surface area contributed by atoms with Gasteiger partial charge in [-0.2, -0.15) is 0 Å². The zero-order valence-electron chi connectivity index (χ0n) is 12.4. The van der Waals surface area contributed by atoms with Gasteiger partial charge in [0.15, 0.2) is 0 Å². The molecule has 0 aliphatic rings. The maximum atomic E-state index is 12.4. The summed E-state index contributed by atoms with van der Waals surface area (Å²) in [4.78, 5) is 12.4. The van der Waals surface area contributed by atoms with Crippen LogP contribution in [0.4, 0.5) is 18.9 Å². The maximum absolute atomic E-state index is 12.4. The minimum atomic E-state index is -4.77. The lowest BCUT2D eigenvalue weighted by Gasteiger charge is -2.16. The van der Waals surface area contributed by atoms with Gasteiger partial charge in [0.05, 0.1) is 5.92 Å². The second-order valence-electron chi connectivity index (χ2n) is 4.94. The third-order valence-electron chi connectivity index (χ3n) is 3.26. The van der Waals surface area contributed by atoms with E-state index in [1.807, 2.05) is 37.3 Å². The molecule has 0 radical (unpaired) electrons. The normalized spacial score (nSPS) is 12.5. The van der Waals surface area contributed by atoms with Gasteiger partial charge in [0, 0.05) is 11.8 Å². The average Bonchev–Trinajstić information content (AvgIpc) is 2.47. The van der Waals surface area contributed by atoms with E-state index < -0.39 is 6.36 Å². The largest absolute Gasteiger partial charge is 0.573 e. The lowest BCUT2D eigenvalue weighted by molar-refractivity contribution is -0.274. The topological polar surface area (TPSA) is 38.3 Å². The SMILES string of the molecule is CCC(C(=O)Nc1cccc(OC(F)(F)F)c1)c1ccccc1. The fraction of sp³-hybridized carbons (Fsp3) is 0.235. The molecule has 23 heavy (non-hydrogen) atoms. The summed E-state index contributed by atoms with van der Waals surface area (Å²) in [6.45, 7) is 1.88. The molecule has 0 spiro atoms. The van der Waals surface area contributed by atoms with Crippen LogP contribution in [0.1, 0.15) is 24.8 Å². The minimum absolute atomic E-state index is 0.256. The van der Waals surface area contributed by atoms with Crippen molar-refractivity contribution in [3.8, 4) is 5.75 Å². The third-order valence-corrected chi connectivity index (χ3v) is 3.26. The summed E-state index contributed by atoms with van der Waals surface area (Å²) in [5.41, 5.74) is 1.11. The zero-order chi connectivity index (χ0) is 16.9. The van der Waals surface area contributed by atoms with Gasteiger partial charge in [-0.05, 0) is 24.1 Å². The number of anilines is 1. The third kappa shape index (κ3) is 5.02. The molecule has 1 amide bonds. The molecule has 0 aromatic heterocycles. The molecule has 1 unspecified atom stereocenters. The second-order valence-corrected chi connectivity index (χ2v) is 4.94. The Labute approximate surface area is 132 Å². The smallest absolute Gasteiger partial charge is 0.406 e. The van der Waals surface area contributed by atoms with E-state index in [1.54, 1.807) is 0 Å². The number of alkyl halides is 3. The van der Waals surface area contributed by atoms with Crippen LogP contribution < -0.4 is 10.1 Å². The Balaban J connectivity index is 2.12. The first-order chi connectivity index (χ1) is 10.9. The first kappa shape index (κ1) is 16.9. The van der Waals surface area contributed by atoms with Gasteiger partial charge in [-0.25, -0.2) is 0 Å². The van der Waals surface area contributed by atoms with Crippen LogP contribution in [0, 0.1) is 0 Å². The highest BCUT2D eigenvalue weighted by Crippen LogP contribution is 2.26. The summed E-state index contributed by atoms with van der Waals surface area (Å²) in [6.07, 6.45) is -4.19. The predicted molar refractivity (Wildman–Crippen MR) is 81.2 cm³/mol.